The molecule has 0 spiro atoms. The number of amides is 4. The van der Waals surface area contributed by atoms with Crippen molar-refractivity contribution in [1.82, 2.24) is 40.4 Å². The van der Waals surface area contributed by atoms with E-state index in [1.807, 2.05) is 24.9 Å². The summed E-state index contributed by atoms with van der Waals surface area (Å²) < 4.78 is 9.42. The van der Waals surface area contributed by atoms with Crippen LogP contribution >= 0.6 is 0 Å². The number of fused-ring (bicyclic) bond motifs is 6. The number of aromatic amines is 2. The molecule has 2 aliphatic carbocycles. The van der Waals surface area contributed by atoms with E-state index in [1.54, 1.807) is 4.90 Å². The molecule has 3 aromatic carbocycles. The predicted molar refractivity (Wildman–Crippen MR) is 226 cm³/mol. The van der Waals surface area contributed by atoms with E-state index in [4.69, 9.17) is 9.72 Å². The highest BCUT2D eigenvalue weighted by molar-refractivity contribution is 5.88. The Morgan fingerprint density at radius 2 is 1.40 bits per heavy atom. The topological polar surface area (TPSA) is 175 Å². The molecule has 5 aromatic rings. The van der Waals surface area contributed by atoms with Crippen LogP contribution in [0.15, 0.2) is 60.8 Å². The maximum Gasteiger partial charge on any atom is 0.407 e. The van der Waals surface area contributed by atoms with Gasteiger partial charge in [-0.1, -0.05) is 56.3 Å². The first-order chi connectivity index (χ1) is 29.1. The van der Waals surface area contributed by atoms with Gasteiger partial charge in [-0.3, -0.25) is 9.59 Å². The van der Waals surface area contributed by atoms with Crippen LogP contribution < -0.4 is 10.6 Å². The zero-order valence-corrected chi connectivity index (χ0v) is 34.5. The van der Waals surface area contributed by atoms with Gasteiger partial charge in [0, 0.05) is 13.1 Å². The number of alkyl carbamates (subject to hydrolysis) is 2. The highest BCUT2D eigenvalue weighted by Gasteiger charge is 2.41. The van der Waals surface area contributed by atoms with Gasteiger partial charge in [-0.2, -0.15) is 0 Å². The Bertz CT molecular complexity index is 2460. The average Bonchev–Trinajstić information content (AvgIpc) is 4.13. The fourth-order valence-electron chi connectivity index (χ4n) is 10.2. The zero-order valence-electron chi connectivity index (χ0n) is 34.5. The summed E-state index contributed by atoms with van der Waals surface area (Å²) in [5.74, 6) is 2.18. The van der Waals surface area contributed by atoms with Crippen LogP contribution in [0.2, 0.25) is 0 Å². The van der Waals surface area contributed by atoms with Crippen molar-refractivity contribution in [2.24, 2.45) is 5.92 Å². The molecule has 9 rings (SSSR count). The molecule has 4 heterocycles. The lowest BCUT2D eigenvalue weighted by Crippen LogP contribution is -2.51. The van der Waals surface area contributed by atoms with Gasteiger partial charge in [-0.05, 0) is 114 Å². The number of hydrogen-bond donors (Lipinski definition) is 4. The van der Waals surface area contributed by atoms with Crippen molar-refractivity contribution in [1.29, 1.82) is 0 Å². The Hall–Kier alpha value is -6.18. The highest BCUT2D eigenvalue weighted by Crippen LogP contribution is 2.58. The summed E-state index contributed by atoms with van der Waals surface area (Å²) in [5, 5.41) is 5.22. The molecule has 4 amide bonds. The van der Waals surface area contributed by atoms with Gasteiger partial charge < -0.3 is 39.9 Å². The van der Waals surface area contributed by atoms with Crippen LogP contribution in [0.5, 0.6) is 0 Å². The van der Waals surface area contributed by atoms with Gasteiger partial charge in [0.15, 0.2) is 0 Å². The zero-order chi connectivity index (χ0) is 41.7. The molecule has 1 saturated carbocycles. The maximum atomic E-state index is 13.8. The Kier molecular flexibility index (Phi) is 10.6. The predicted octanol–water partition coefficient (Wildman–Crippen LogP) is 7.72. The van der Waals surface area contributed by atoms with Gasteiger partial charge >= 0.3 is 12.2 Å². The number of imidazole rings is 2. The number of methoxy groups -OCH3 is 2. The van der Waals surface area contributed by atoms with Crippen LogP contribution in [-0.4, -0.2) is 93.6 Å². The summed E-state index contributed by atoms with van der Waals surface area (Å²) in [7, 11) is 2.58. The number of ether oxygens (including phenoxy) is 2. The third kappa shape index (κ3) is 7.15. The lowest BCUT2D eigenvalue weighted by molar-refractivity contribution is -0.135. The van der Waals surface area contributed by atoms with Crippen LogP contribution in [0.1, 0.15) is 105 Å². The molecular formula is C46H52N8O6. The molecular weight excluding hydrogens is 761 g/mol. The lowest BCUT2D eigenvalue weighted by atomic mass is 9.81. The van der Waals surface area contributed by atoms with Crippen molar-refractivity contribution in [3.8, 4) is 33.5 Å². The first kappa shape index (κ1) is 39.3. The van der Waals surface area contributed by atoms with E-state index >= 15 is 0 Å². The summed E-state index contributed by atoms with van der Waals surface area (Å²) in [6, 6.07) is 18.7. The van der Waals surface area contributed by atoms with Crippen molar-refractivity contribution >= 4 is 35.0 Å². The van der Waals surface area contributed by atoms with Crippen molar-refractivity contribution in [3.05, 3.63) is 83.6 Å². The number of likely N-dealkylation sites (tertiary alicyclic amines) is 2. The number of aromatic nitrogens is 4. The summed E-state index contributed by atoms with van der Waals surface area (Å²) in [6.45, 7) is 4.94. The van der Waals surface area contributed by atoms with Crippen molar-refractivity contribution in [2.45, 2.75) is 88.8 Å². The van der Waals surface area contributed by atoms with Gasteiger partial charge in [0.25, 0.3) is 0 Å². The number of benzene rings is 3. The quantitative estimate of drug-likeness (QED) is 0.111. The van der Waals surface area contributed by atoms with E-state index < -0.39 is 18.2 Å². The first-order valence-electron chi connectivity index (χ1n) is 21.2. The van der Waals surface area contributed by atoms with E-state index in [-0.39, 0.29) is 36.4 Å². The molecule has 60 heavy (non-hydrogen) atoms. The van der Waals surface area contributed by atoms with Crippen LogP contribution in [-0.2, 0) is 19.1 Å². The normalized spacial score (nSPS) is 21.1. The summed E-state index contributed by atoms with van der Waals surface area (Å²) >= 11 is 0. The van der Waals surface area contributed by atoms with E-state index in [0.717, 1.165) is 65.2 Å². The Morgan fingerprint density at radius 1 is 0.767 bits per heavy atom. The number of carbonyl (C=O) groups is 4. The van der Waals surface area contributed by atoms with E-state index in [1.165, 1.54) is 61.3 Å². The highest BCUT2D eigenvalue weighted by atomic mass is 16.5. The van der Waals surface area contributed by atoms with E-state index in [9.17, 15) is 19.2 Å². The third-order valence-electron chi connectivity index (χ3n) is 13.2. The number of carbonyl (C=O) groups excluding carboxylic acids is 4. The summed E-state index contributed by atoms with van der Waals surface area (Å²) in [5.41, 5.74) is 11.6. The van der Waals surface area contributed by atoms with Gasteiger partial charge in [0.2, 0.25) is 11.8 Å². The second-order valence-electron chi connectivity index (χ2n) is 16.9. The molecule has 2 bridgehead atoms. The van der Waals surface area contributed by atoms with E-state index in [2.05, 4.69) is 84.9 Å². The number of nitrogens with one attached hydrogen (secondary N) is 4. The fourth-order valence-corrected chi connectivity index (χ4v) is 10.2. The molecule has 2 aromatic heterocycles. The van der Waals surface area contributed by atoms with Crippen LogP contribution in [0, 0.1) is 5.92 Å². The molecule has 3 fully saturated rings. The fraction of sp³-hybridized carbons (Fsp3) is 0.435. The minimum atomic E-state index is -0.685. The molecule has 312 valence electrons. The van der Waals surface area contributed by atoms with Crippen molar-refractivity contribution in [2.75, 3.05) is 33.9 Å². The minimum absolute atomic E-state index is 0.102. The molecule has 5 unspecified atom stereocenters. The van der Waals surface area contributed by atoms with E-state index in [0.29, 0.717) is 24.9 Å². The number of rotatable bonds is 10. The maximum absolute atomic E-state index is 13.8. The van der Waals surface area contributed by atoms with Crippen molar-refractivity contribution < 1.29 is 28.7 Å². The second-order valence-corrected chi connectivity index (χ2v) is 16.9. The molecule has 4 N–H and O–H groups in total. The number of H-pyrrole nitrogens is 2. The third-order valence-corrected chi connectivity index (χ3v) is 13.2. The SMILES string of the molecule is COC(=O)NCC(=O)N1CCCC1c1ncc(-c2ccc(-c3ccc(-c4ccc5nc(C6CCCN6C(=O)C(NC(=O)OC)C(C)C)[nH]c5c4)c4c3C3CCC4C3)cc2)[nH]1. The Morgan fingerprint density at radius 3 is 2.08 bits per heavy atom. The molecule has 14 nitrogen and oxygen atoms in total. The van der Waals surface area contributed by atoms with Gasteiger partial charge in [-0.15, -0.1) is 0 Å². The van der Waals surface area contributed by atoms with Crippen LogP contribution in [0.3, 0.4) is 0 Å². The summed E-state index contributed by atoms with van der Waals surface area (Å²) in [6.07, 6.45) is 7.49. The molecule has 2 aliphatic heterocycles. The minimum Gasteiger partial charge on any atom is -0.453 e. The van der Waals surface area contributed by atoms with Crippen LogP contribution in [0.4, 0.5) is 9.59 Å². The average molecular weight is 813 g/mol. The molecule has 14 heteroatoms. The van der Waals surface area contributed by atoms with Crippen LogP contribution in [0.25, 0.3) is 44.5 Å². The van der Waals surface area contributed by atoms with Gasteiger partial charge in [0.1, 0.15) is 24.2 Å². The Balaban J connectivity index is 0.950. The molecule has 0 radical (unpaired) electrons. The Labute approximate surface area is 348 Å². The monoisotopic (exact) mass is 812 g/mol. The second kappa shape index (κ2) is 16.1. The molecule has 2 saturated heterocycles. The number of hydrogen-bond acceptors (Lipinski definition) is 8. The first-order valence-corrected chi connectivity index (χ1v) is 21.2. The number of nitrogens with zero attached hydrogens (tertiary/aromatic N) is 4. The molecule has 5 atom stereocenters. The lowest BCUT2D eigenvalue weighted by Gasteiger charge is -2.29. The van der Waals surface area contributed by atoms with Gasteiger partial charge in [0.05, 0.1) is 49.2 Å². The largest absolute Gasteiger partial charge is 0.453 e. The standard InChI is InChI=1S/C46H52N8O6/c1-25(2)41(52-46(58)60-4)44(56)54-20-6-8-37(54)43-49-33-18-15-28(22-34(33)50-43)32-17-16-31(39-29-13-14-30(21-29)40(32)39)26-9-11-27(12-10-26)35-23-47-42(51-35)36-7-5-19-53(36)38(55)24-48-45(57)59-3/h9-12,15-18,22-23,25,29-30,36-37,41H,5-8,13-14,19-21,24H2,1-4H3,(H,47,51)(H,48,57)(H,49,50)(H,52,58). The smallest absolute Gasteiger partial charge is 0.407 e. The molecule has 4 aliphatic rings. The summed E-state index contributed by atoms with van der Waals surface area (Å²) in [4.78, 5) is 70.6. The van der Waals surface area contributed by atoms with Gasteiger partial charge in [-0.25, -0.2) is 19.6 Å². The van der Waals surface area contributed by atoms with Crippen molar-refractivity contribution in [3.63, 3.8) is 0 Å².